The molecule has 3 aromatic rings. The number of fused-ring (bicyclic) bond motifs is 1. The van der Waals surface area contributed by atoms with Gasteiger partial charge in [-0.1, -0.05) is 78.4 Å². The lowest BCUT2D eigenvalue weighted by atomic mass is 9.96. The van der Waals surface area contributed by atoms with Crippen LogP contribution in [-0.4, -0.2) is 0 Å². The molecule has 4 rings (SSSR count). The van der Waals surface area contributed by atoms with E-state index in [1.165, 1.54) is 39.0 Å². The average molecular weight is 282 g/mol. The van der Waals surface area contributed by atoms with E-state index in [0.717, 1.165) is 6.42 Å². The summed E-state index contributed by atoms with van der Waals surface area (Å²) in [5.74, 6) is 0. The second-order valence-corrected chi connectivity index (χ2v) is 5.96. The Balaban J connectivity index is 1.81. The van der Waals surface area contributed by atoms with E-state index in [-0.39, 0.29) is 0 Å². The van der Waals surface area contributed by atoms with Crippen LogP contribution in [0.25, 0.3) is 22.8 Å². The van der Waals surface area contributed by atoms with Crippen molar-refractivity contribution in [3.63, 3.8) is 0 Å². The highest BCUT2D eigenvalue weighted by atomic mass is 14.2. The van der Waals surface area contributed by atoms with Crippen LogP contribution in [0, 0.1) is 6.92 Å². The van der Waals surface area contributed by atoms with Crippen molar-refractivity contribution in [2.45, 2.75) is 13.3 Å². The van der Waals surface area contributed by atoms with Crippen LogP contribution in [0.4, 0.5) is 0 Å². The number of rotatable bonds is 2. The van der Waals surface area contributed by atoms with Gasteiger partial charge in [-0.2, -0.15) is 0 Å². The minimum Gasteiger partial charge on any atom is -0.0622 e. The molecule has 22 heavy (non-hydrogen) atoms. The Morgan fingerprint density at radius 2 is 1.45 bits per heavy atom. The third-order valence-electron chi connectivity index (χ3n) is 4.40. The number of allylic oxidation sites excluding steroid dienone is 1. The maximum Gasteiger partial charge on any atom is -0.00135 e. The molecule has 0 fully saturated rings. The molecule has 0 aliphatic heterocycles. The van der Waals surface area contributed by atoms with Crippen molar-refractivity contribution in [2.24, 2.45) is 0 Å². The maximum atomic E-state index is 2.36. The van der Waals surface area contributed by atoms with Gasteiger partial charge in [0, 0.05) is 0 Å². The Morgan fingerprint density at radius 3 is 2.23 bits per heavy atom. The molecule has 1 aliphatic rings. The van der Waals surface area contributed by atoms with Crippen LogP contribution in [0.5, 0.6) is 0 Å². The highest BCUT2D eigenvalue weighted by Crippen LogP contribution is 2.37. The molecular weight excluding hydrogens is 264 g/mol. The molecule has 0 heterocycles. The molecule has 0 radical (unpaired) electrons. The first-order valence-electron chi connectivity index (χ1n) is 7.76. The fourth-order valence-electron chi connectivity index (χ4n) is 3.19. The second-order valence-electron chi connectivity index (χ2n) is 5.96. The van der Waals surface area contributed by atoms with Gasteiger partial charge in [0.25, 0.3) is 0 Å². The van der Waals surface area contributed by atoms with Crippen molar-refractivity contribution >= 4 is 11.6 Å². The Kier molecular flexibility index (Phi) is 3.16. The van der Waals surface area contributed by atoms with Gasteiger partial charge in [0.15, 0.2) is 0 Å². The SMILES string of the molecule is Cc1ccc(-c2cccc3c2C=C(c2ccccc2)C3)cc1. The van der Waals surface area contributed by atoms with Crippen LogP contribution < -0.4 is 0 Å². The molecule has 106 valence electrons. The van der Waals surface area contributed by atoms with Crippen LogP contribution in [0.3, 0.4) is 0 Å². The quantitative estimate of drug-likeness (QED) is 0.560. The molecule has 3 aromatic carbocycles. The summed E-state index contributed by atoms with van der Waals surface area (Å²) in [4.78, 5) is 0. The molecule has 1 aliphatic carbocycles. The van der Waals surface area contributed by atoms with E-state index >= 15 is 0 Å². The normalized spacial score (nSPS) is 12.9. The Morgan fingerprint density at radius 1 is 0.682 bits per heavy atom. The molecule has 0 heteroatoms. The van der Waals surface area contributed by atoms with Crippen LogP contribution in [-0.2, 0) is 6.42 Å². The Bertz CT molecular complexity index is 837. The second kappa shape index (κ2) is 5.31. The lowest BCUT2D eigenvalue weighted by Gasteiger charge is -2.08. The standard InChI is InChI=1S/C22H18/c1-16-10-12-18(13-11-16)21-9-5-8-19-14-20(15-22(19)21)17-6-3-2-4-7-17/h2-13,15H,14H2,1H3. The zero-order chi connectivity index (χ0) is 14.9. The highest BCUT2D eigenvalue weighted by molar-refractivity contribution is 5.93. The number of hydrogen-bond donors (Lipinski definition) is 0. The molecule has 0 atom stereocenters. The summed E-state index contributed by atoms with van der Waals surface area (Å²) in [5, 5.41) is 0. The van der Waals surface area contributed by atoms with E-state index in [1.54, 1.807) is 0 Å². The molecule has 0 bridgehead atoms. The molecular formula is C22H18. The first-order chi connectivity index (χ1) is 10.8. The average Bonchev–Trinajstić information content (AvgIpc) is 3.01. The zero-order valence-corrected chi connectivity index (χ0v) is 12.7. The fourth-order valence-corrected chi connectivity index (χ4v) is 3.19. The van der Waals surface area contributed by atoms with E-state index < -0.39 is 0 Å². The van der Waals surface area contributed by atoms with Gasteiger partial charge in [-0.25, -0.2) is 0 Å². The predicted molar refractivity (Wildman–Crippen MR) is 94.6 cm³/mol. The van der Waals surface area contributed by atoms with Gasteiger partial charge < -0.3 is 0 Å². The smallest absolute Gasteiger partial charge is 0.00135 e. The topological polar surface area (TPSA) is 0 Å². The summed E-state index contributed by atoms with van der Waals surface area (Å²) in [6.45, 7) is 2.13. The minimum atomic E-state index is 1.03. The summed E-state index contributed by atoms with van der Waals surface area (Å²) < 4.78 is 0. The van der Waals surface area contributed by atoms with Gasteiger partial charge in [0.1, 0.15) is 0 Å². The molecule has 0 saturated carbocycles. The number of aryl methyl sites for hydroxylation is 1. The van der Waals surface area contributed by atoms with Gasteiger partial charge in [-0.05, 0) is 52.8 Å². The van der Waals surface area contributed by atoms with Crippen molar-refractivity contribution in [2.75, 3.05) is 0 Å². The van der Waals surface area contributed by atoms with Gasteiger partial charge in [-0.15, -0.1) is 0 Å². The Hall–Kier alpha value is -2.60. The minimum absolute atomic E-state index is 1.03. The van der Waals surface area contributed by atoms with Crippen molar-refractivity contribution < 1.29 is 0 Å². The van der Waals surface area contributed by atoms with Crippen LogP contribution in [0.15, 0.2) is 72.8 Å². The van der Waals surface area contributed by atoms with Gasteiger partial charge in [0.05, 0.1) is 0 Å². The molecule has 0 aromatic heterocycles. The van der Waals surface area contributed by atoms with Crippen molar-refractivity contribution in [3.05, 3.63) is 95.1 Å². The summed E-state index contributed by atoms with van der Waals surface area (Å²) >= 11 is 0. The monoisotopic (exact) mass is 282 g/mol. The molecule has 0 N–H and O–H groups in total. The largest absolute Gasteiger partial charge is 0.0622 e. The van der Waals surface area contributed by atoms with Gasteiger partial charge in [-0.3, -0.25) is 0 Å². The Labute approximate surface area is 131 Å². The summed E-state index contributed by atoms with van der Waals surface area (Å²) in [5.41, 5.74) is 9.49. The first-order valence-corrected chi connectivity index (χ1v) is 7.76. The van der Waals surface area contributed by atoms with Gasteiger partial charge >= 0.3 is 0 Å². The molecule has 0 spiro atoms. The summed E-state index contributed by atoms with van der Waals surface area (Å²) in [6, 6.07) is 26.2. The van der Waals surface area contributed by atoms with E-state index in [4.69, 9.17) is 0 Å². The van der Waals surface area contributed by atoms with Crippen molar-refractivity contribution in [3.8, 4) is 11.1 Å². The first kappa shape index (κ1) is 13.1. The van der Waals surface area contributed by atoms with Crippen LogP contribution >= 0.6 is 0 Å². The number of benzene rings is 3. The van der Waals surface area contributed by atoms with E-state index in [2.05, 4.69) is 85.8 Å². The third kappa shape index (κ3) is 2.27. The summed E-state index contributed by atoms with van der Waals surface area (Å²) in [6.07, 6.45) is 3.39. The maximum absolute atomic E-state index is 2.36. The highest BCUT2D eigenvalue weighted by Gasteiger charge is 2.17. The van der Waals surface area contributed by atoms with Gasteiger partial charge in [0.2, 0.25) is 0 Å². The van der Waals surface area contributed by atoms with Crippen LogP contribution in [0.2, 0.25) is 0 Å². The molecule has 0 unspecified atom stereocenters. The lowest BCUT2D eigenvalue weighted by molar-refractivity contribution is 1.31. The third-order valence-corrected chi connectivity index (χ3v) is 4.40. The zero-order valence-electron chi connectivity index (χ0n) is 12.7. The fraction of sp³-hybridized carbons (Fsp3) is 0.0909. The molecule has 0 nitrogen and oxygen atoms in total. The van der Waals surface area contributed by atoms with E-state index in [0.29, 0.717) is 0 Å². The lowest BCUT2D eigenvalue weighted by Crippen LogP contribution is -1.87. The molecule has 0 amide bonds. The van der Waals surface area contributed by atoms with E-state index in [1.807, 2.05) is 0 Å². The van der Waals surface area contributed by atoms with Crippen molar-refractivity contribution in [1.82, 2.24) is 0 Å². The summed E-state index contributed by atoms with van der Waals surface area (Å²) in [7, 11) is 0. The van der Waals surface area contributed by atoms with E-state index in [9.17, 15) is 0 Å². The number of hydrogen-bond acceptors (Lipinski definition) is 0. The van der Waals surface area contributed by atoms with Crippen LogP contribution in [0.1, 0.15) is 22.3 Å². The molecule has 0 saturated heterocycles. The predicted octanol–water partition coefficient (Wildman–Crippen LogP) is 5.76. The van der Waals surface area contributed by atoms with Crippen molar-refractivity contribution in [1.29, 1.82) is 0 Å².